The van der Waals surface area contributed by atoms with Crippen molar-refractivity contribution < 1.29 is 24.4 Å². The third kappa shape index (κ3) is 6.33. The van der Waals surface area contributed by atoms with Crippen molar-refractivity contribution >= 4 is 58.2 Å². The van der Waals surface area contributed by atoms with E-state index in [9.17, 15) is 24.5 Å². The highest BCUT2D eigenvalue weighted by Crippen LogP contribution is 2.28. The van der Waals surface area contributed by atoms with E-state index in [1.54, 1.807) is 31.2 Å². The maximum Gasteiger partial charge on any atom is 0.337 e. The molecule has 0 aliphatic rings. The summed E-state index contributed by atoms with van der Waals surface area (Å²) in [5.74, 6) is -2.06. The number of nitrogens with one attached hydrogen (secondary N) is 2. The number of carbonyl (C=O) groups excluding carboxylic acids is 2. The summed E-state index contributed by atoms with van der Waals surface area (Å²) in [4.78, 5) is 47.3. The minimum absolute atomic E-state index is 0.0666. The molecule has 1 atom stereocenters. The number of amides is 2. The average Bonchev–Trinajstić information content (AvgIpc) is 2.80. The van der Waals surface area contributed by atoms with Crippen LogP contribution in [0.5, 0.6) is 0 Å². The second kappa shape index (κ2) is 10.8. The Balaban J connectivity index is 1.65. The molecule has 11 heteroatoms. The number of halogens is 1. The Hall–Kier alpha value is -3.89. The van der Waals surface area contributed by atoms with Crippen LogP contribution >= 0.6 is 23.4 Å². The Labute approximate surface area is 203 Å². The minimum Gasteiger partial charge on any atom is -0.478 e. The Bertz CT molecular complexity index is 1280. The van der Waals surface area contributed by atoms with Crippen molar-refractivity contribution in [3.8, 4) is 0 Å². The number of carboxylic acid groups (broad SMARTS) is 1. The van der Waals surface area contributed by atoms with E-state index in [1.165, 1.54) is 54.2 Å². The van der Waals surface area contributed by atoms with Crippen molar-refractivity contribution in [2.24, 2.45) is 0 Å². The van der Waals surface area contributed by atoms with E-state index in [-0.39, 0.29) is 27.7 Å². The van der Waals surface area contributed by atoms with E-state index < -0.39 is 22.0 Å². The van der Waals surface area contributed by atoms with Crippen LogP contribution in [0.3, 0.4) is 0 Å². The van der Waals surface area contributed by atoms with Crippen LogP contribution < -0.4 is 10.6 Å². The number of anilines is 2. The zero-order valence-electron chi connectivity index (χ0n) is 17.7. The van der Waals surface area contributed by atoms with Gasteiger partial charge in [0.15, 0.2) is 0 Å². The first kappa shape index (κ1) is 24.7. The first-order valence-electron chi connectivity index (χ1n) is 9.80. The van der Waals surface area contributed by atoms with E-state index in [2.05, 4.69) is 10.6 Å². The molecule has 3 aromatic carbocycles. The highest BCUT2D eigenvalue weighted by Gasteiger charge is 2.17. The van der Waals surface area contributed by atoms with Crippen LogP contribution in [0.4, 0.5) is 17.1 Å². The number of rotatable bonds is 8. The lowest BCUT2D eigenvalue weighted by Crippen LogP contribution is -2.22. The molecule has 0 aliphatic heterocycles. The predicted octanol–water partition coefficient (Wildman–Crippen LogP) is 5.32. The number of carbonyl (C=O) groups is 3. The number of nitrogens with zero attached hydrogens (tertiary/aromatic N) is 1. The Morgan fingerprint density at radius 1 is 1.00 bits per heavy atom. The summed E-state index contributed by atoms with van der Waals surface area (Å²) in [6, 6.07) is 16.4. The number of benzene rings is 3. The average molecular weight is 500 g/mol. The van der Waals surface area contributed by atoms with Crippen LogP contribution in [0.15, 0.2) is 71.6 Å². The highest BCUT2D eigenvalue weighted by molar-refractivity contribution is 8.00. The summed E-state index contributed by atoms with van der Waals surface area (Å²) in [5.41, 5.74) is 0.596. The second-order valence-corrected chi connectivity index (χ2v) is 8.86. The number of hydrogen-bond donors (Lipinski definition) is 3. The summed E-state index contributed by atoms with van der Waals surface area (Å²) in [6.07, 6.45) is 0. The van der Waals surface area contributed by atoms with Gasteiger partial charge in [0, 0.05) is 34.0 Å². The maximum absolute atomic E-state index is 12.6. The lowest BCUT2D eigenvalue weighted by Gasteiger charge is -2.14. The molecule has 9 nitrogen and oxygen atoms in total. The van der Waals surface area contributed by atoms with E-state index in [4.69, 9.17) is 16.7 Å². The van der Waals surface area contributed by atoms with Gasteiger partial charge in [0.2, 0.25) is 5.91 Å². The topological polar surface area (TPSA) is 139 Å². The zero-order valence-corrected chi connectivity index (χ0v) is 19.2. The molecule has 3 rings (SSSR count). The molecule has 0 aromatic heterocycles. The van der Waals surface area contributed by atoms with E-state index in [0.717, 1.165) is 0 Å². The fourth-order valence-electron chi connectivity index (χ4n) is 2.88. The predicted molar refractivity (Wildman–Crippen MR) is 130 cm³/mol. The van der Waals surface area contributed by atoms with Gasteiger partial charge in [-0.15, -0.1) is 11.8 Å². The number of nitro benzene ring substituents is 1. The Morgan fingerprint density at radius 3 is 2.41 bits per heavy atom. The Kier molecular flexibility index (Phi) is 7.87. The van der Waals surface area contributed by atoms with Gasteiger partial charge < -0.3 is 15.7 Å². The van der Waals surface area contributed by atoms with E-state index >= 15 is 0 Å². The smallest absolute Gasteiger partial charge is 0.337 e. The fraction of sp³-hybridized carbons (Fsp3) is 0.0870. The summed E-state index contributed by atoms with van der Waals surface area (Å²) >= 11 is 7.08. The lowest BCUT2D eigenvalue weighted by atomic mass is 10.2. The molecule has 3 N–H and O–H groups in total. The normalized spacial score (nSPS) is 11.4. The molecule has 0 aliphatic carbocycles. The number of thioether (sulfide) groups is 1. The SMILES string of the molecule is CC(Sc1cccc(NC(=O)c2cccc([N+](=O)[O-])c2)c1)C(=O)Nc1ccc(Cl)c(C(=O)O)c1. The molecule has 0 spiro atoms. The largest absolute Gasteiger partial charge is 0.478 e. The van der Waals surface area contributed by atoms with Crippen molar-refractivity contribution in [1.82, 2.24) is 0 Å². The van der Waals surface area contributed by atoms with E-state index in [0.29, 0.717) is 16.3 Å². The van der Waals surface area contributed by atoms with Crippen molar-refractivity contribution in [3.63, 3.8) is 0 Å². The van der Waals surface area contributed by atoms with Crippen molar-refractivity contribution in [2.45, 2.75) is 17.1 Å². The van der Waals surface area contributed by atoms with Gasteiger partial charge in [-0.05, 0) is 49.4 Å². The van der Waals surface area contributed by atoms with Crippen molar-refractivity contribution in [2.75, 3.05) is 10.6 Å². The third-order valence-electron chi connectivity index (χ3n) is 4.56. The van der Waals surface area contributed by atoms with Crippen LogP contribution in [-0.2, 0) is 4.79 Å². The van der Waals surface area contributed by atoms with Crippen LogP contribution in [0.1, 0.15) is 27.6 Å². The van der Waals surface area contributed by atoms with Gasteiger partial charge in [-0.2, -0.15) is 0 Å². The number of nitro groups is 1. The molecular weight excluding hydrogens is 482 g/mol. The molecule has 1 unspecified atom stereocenters. The molecule has 0 fully saturated rings. The Morgan fingerprint density at radius 2 is 1.71 bits per heavy atom. The molecule has 0 radical (unpaired) electrons. The second-order valence-electron chi connectivity index (χ2n) is 7.04. The van der Waals surface area contributed by atoms with Gasteiger partial charge >= 0.3 is 5.97 Å². The molecule has 34 heavy (non-hydrogen) atoms. The van der Waals surface area contributed by atoms with Crippen LogP contribution in [0.25, 0.3) is 0 Å². The number of hydrogen-bond acceptors (Lipinski definition) is 6. The van der Waals surface area contributed by atoms with Gasteiger partial charge in [-0.3, -0.25) is 19.7 Å². The number of non-ortho nitro benzene ring substituents is 1. The monoisotopic (exact) mass is 499 g/mol. The summed E-state index contributed by atoms with van der Waals surface area (Å²) in [7, 11) is 0. The summed E-state index contributed by atoms with van der Waals surface area (Å²) in [5, 5.41) is 24.9. The number of carboxylic acids is 1. The van der Waals surface area contributed by atoms with Gasteiger partial charge in [-0.1, -0.05) is 23.7 Å². The minimum atomic E-state index is -1.20. The van der Waals surface area contributed by atoms with Gasteiger partial charge in [-0.25, -0.2) is 4.79 Å². The molecule has 0 saturated carbocycles. The standard InChI is InChI=1S/C23H18ClN3O6S/c1-13(21(28)25-16-8-9-20(24)19(12-16)23(30)31)34-18-7-3-5-15(11-18)26-22(29)14-4-2-6-17(10-14)27(32)33/h2-13H,1H3,(H,25,28)(H,26,29)(H,30,31). The van der Waals surface area contributed by atoms with E-state index in [1.807, 2.05) is 0 Å². The highest BCUT2D eigenvalue weighted by atomic mass is 35.5. The van der Waals surface area contributed by atoms with Crippen molar-refractivity contribution in [3.05, 3.63) is 93.0 Å². The molecule has 0 heterocycles. The third-order valence-corrected chi connectivity index (χ3v) is 5.98. The quantitative estimate of drug-likeness (QED) is 0.216. The molecule has 3 aromatic rings. The van der Waals surface area contributed by atoms with Gasteiger partial charge in [0.1, 0.15) is 0 Å². The molecule has 0 saturated heterocycles. The lowest BCUT2D eigenvalue weighted by molar-refractivity contribution is -0.384. The molecule has 0 bridgehead atoms. The number of aromatic carboxylic acids is 1. The van der Waals surface area contributed by atoms with Crippen LogP contribution in [0.2, 0.25) is 5.02 Å². The van der Waals surface area contributed by atoms with Gasteiger partial charge in [0.25, 0.3) is 11.6 Å². The molecule has 2 amide bonds. The molecule has 174 valence electrons. The first-order valence-corrected chi connectivity index (χ1v) is 11.1. The van der Waals surface area contributed by atoms with Gasteiger partial charge in [0.05, 0.1) is 20.8 Å². The van der Waals surface area contributed by atoms with Crippen LogP contribution in [-0.4, -0.2) is 33.1 Å². The summed E-state index contributed by atoms with van der Waals surface area (Å²) in [6.45, 7) is 1.68. The molecular formula is C23H18ClN3O6S. The van der Waals surface area contributed by atoms with Crippen molar-refractivity contribution in [1.29, 1.82) is 0 Å². The fourth-order valence-corrected chi connectivity index (χ4v) is 4.00. The summed E-state index contributed by atoms with van der Waals surface area (Å²) < 4.78 is 0. The maximum atomic E-state index is 12.6. The zero-order chi connectivity index (χ0) is 24.8. The van der Waals surface area contributed by atoms with Crippen LogP contribution in [0, 0.1) is 10.1 Å². The first-order chi connectivity index (χ1) is 16.1.